The SMILES string of the molecule is COCC(CCBr)NC(=O)Cc1ccc(OC)c(OC)c1. The average molecular weight is 360 g/mol. The third kappa shape index (κ3) is 5.93. The summed E-state index contributed by atoms with van der Waals surface area (Å²) in [7, 11) is 4.79. The van der Waals surface area contributed by atoms with E-state index in [9.17, 15) is 4.79 Å². The largest absolute Gasteiger partial charge is 0.493 e. The van der Waals surface area contributed by atoms with Crippen LogP contribution in [0.25, 0.3) is 0 Å². The highest BCUT2D eigenvalue weighted by Gasteiger charge is 2.13. The predicted octanol–water partition coefficient (Wildman–Crippen LogP) is 2.16. The summed E-state index contributed by atoms with van der Waals surface area (Å²) >= 11 is 3.37. The van der Waals surface area contributed by atoms with E-state index in [-0.39, 0.29) is 11.9 Å². The van der Waals surface area contributed by atoms with Crippen molar-refractivity contribution in [1.82, 2.24) is 5.32 Å². The Morgan fingerprint density at radius 3 is 2.52 bits per heavy atom. The zero-order valence-corrected chi connectivity index (χ0v) is 14.2. The molecular formula is C15H22BrNO4. The van der Waals surface area contributed by atoms with Gasteiger partial charge in [0.15, 0.2) is 11.5 Å². The van der Waals surface area contributed by atoms with Gasteiger partial charge in [0.25, 0.3) is 0 Å². The number of amides is 1. The highest BCUT2D eigenvalue weighted by molar-refractivity contribution is 9.09. The van der Waals surface area contributed by atoms with Gasteiger partial charge < -0.3 is 19.5 Å². The maximum Gasteiger partial charge on any atom is 0.224 e. The first kappa shape index (κ1) is 17.8. The van der Waals surface area contributed by atoms with E-state index in [1.54, 1.807) is 27.4 Å². The van der Waals surface area contributed by atoms with Crippen molar-refractivity contribution >= 4 is 21.8 Å². The van der Waals surface area contributed by atoms with Crippen LogP contribution < -0.4 is 14.8 Å². The number of hydrogen-bond donors (Lipinski definition) is 1. The Labute approximate surface area is 134 Å². The van der Waals surface area contributed by atoms with E-state index in [1.165, 1.54) is 0 Å². The Balaban J connectivity index is 2.65. The lowest BCUT2D eigenvalue weighted by molar-refractivity contribution is -0.121. The van der Waals surface area contributed by atoms with Crippen LogP contribution in [0, 0.1) is 0 Å². The Bertz CT molecular complexity index is 447. The predicted molar refractivity (Wildman–Crippen MR) is 85.5 cm³/mol. The van der Waals surface area contributed by atoms with Crippen LogP contribution in [0.1, 0.15) is 12.0 Å². The Hall–Kier alpha value is -1.27. The highest BCUT2D eigenvalue weighted by atomic mass is 79.9. The van der Waals surface area contributed by atoms with Gasteiger partial charge in [-0.3, -0.25) is 4.79 Å². The molecule has 0 saturated heterocycles. The van der Waals surface area contributed by atoms with Crippen LogP contribution in [-0.4, -0.2) is 45.2 Å². The fourth-order valence-corrected chi connectivity index (χ4v) is 2.54. The molecule has 0 heterocycles. The van der Waals surface area contributed by atoms with Crippen molar-refractivity contribution in [2.45, 2.75) is 18.9 Å². The molecule has 0 saturated carbocycles. The number of carbonyl (C=O) groups excluding carboxylic acids is 1. The first-order chi connectivity index (χ1) is 10.1. The van der Waals surface area contributed by atoms with Crippen LogP contribution >= 0.6 is 15.9 Å². The monoisotopic (exact) mass is 359 g/mol. The Kier molecular flexibility index (Phi) is 8.15. The zero-order chi connectivity index (χ0) is 15.7. The van der Waals surface area contributed by atoms with Crippen molar-refractivity contribution in [1.29, 1.82) is 0 Å². The standard InChI is InChI=1S/C15H22BrNO4/c1-19-10-12(6-7-16)17-15(18)9-11-4-5-13(20-2)14(8-11)21-3/h4-5,8,12H,6-7,9-10H2,1-3H3,(H,17,18). The summed E-state index contributed by atoms with van der Waals surface area (Å²) in [4.78, 5) is 12.1. The fourth-order valence-electron chi connectivity index (χ4n) is 1.98. The lowest BCUT2D eigenvalue weighted by atomic mass is 10.1. The molecule has 0 aromatic heterocycles. The molecule has 1 rings (SSSR count). The number of carbonyl (C=O) groups is 1. The number of halogens is 1. The first-order valence-corrected chi connectivity index (χ1v) is 7.81. The summed E-state index contributed by atoms with van der Waals surface area (Å²) < 4.78 is 15.5. The minimum Gasteiger partial charge on any atom is -0.493 e. The highest BCUT2D eigenvalue weighted by Crippen LogP contribution is 2.27. The molecule has 1 unspecified atom stereocenters. The molecule has 0 aliphatic heterocycles. The molecule has 6 heteroatoms. The number of alkyl halides is 1. The van der Waals surface area contributed by atoms with E-state index < -0.39 is 0 Å². The zero-order valence-electron chi connectivity index (χ0n) is 12.6. The number of nitrogens with one attached hydrogen (secondary N) is 1. The van der Waals surface area contributed by atoms with Crippen molar-refractivity contribution in [3.63, 3.8) is 0 Å². The van der Waals surface area contributed by atoms with Crippen molar-refractivity contribution < 1.29 is 19.0 Å². The van der Waals surface area contributed by atoms with E-state index >= 15 is 0 Å². The van der Waals surface area contributed by atoms with Gasteiger partial charge in [0, 0.05) is 12.4 Å². The number of hydrogen-bond acceptors (Lipinski definition) is 4. The molecule has 118 valence electrons. The van der Waals surface area contributed by atoms with Crippen molar-refractivity contribution in [2.75, 3.05) is 33.3 Å². The second-order valence-electron chi connectivity index (χ2n) is 4.56. The maximum absolute atomic E-state index is 12.1. The van der Waals surface area contributed by atoms with Gasteiger partial charge in [-0.1, -0.05) is 22.0 Å². The number of methoxy groups -OCH3 is 3. The van der Waals surface area contributed by atoms with Crippen LogP contribution in [0.4, 0.5) is 0 Å². The number of rotatable bonds is 9. The van der Waals surface area contributed by atoms with E-state index in [4.69, 9.17) is 14.2 Å². The molecular weight excluding hydrogens is 338 g/mol. The molecule has 0 radical (unpaired) electrons. The average Bonchev–Trinajstić information content (AvgIpc) is 2.47. The molecule has 1 aromatic carbocycles. The quantitative estimate of drug-likeness (QED) is 0.686. The number of benzene rings is 1. The minimum absolute atomic E-state index is 0.0158. The molecule has 1 N–H and O–H groups in total. The minimum atomic E-state index is -0.0368. The summed E-state index contributed by atoms with van der Waals surface area (Å²) in [5.41, 5.74) is 0.875. The van der Waals surface area contributed by atoms with Gasteiger partial charge in [0.2, 0.25) is 5.91 Å². The topological polar surface area (TPSA) is 56.8 Å². The molecule has 1 aromatic rings. The van der Waals surface area contributed by atoms with Gasteiger partial charge in [0.05, 0.1) is 33.3 Å². The van der Waals surface area contributed by atoms with E-state index in [0.717, 1.165) is 17.3 Å². The lowest BCUT2D eigenvalue weighted by Crippen LogP contribution is -2.39. The maximum atomic E-state index is 12.1. The summed E-state index contributed by atoms with van der Waals surface area (Å²) in [6.07, 6.45) is 1.12. The van der Waals surface area contributed by atoms with Gasteiger partial charge in [0.1, 0.15) is 0 Å². The Morgan fingerprint density at radius 1 is 1.24 bits per heavy atom. The number of ether oxygens (including phenoxy) is 3. The van der Waals surface area contributed by atoms with Crippen LogP contribution in [0.5, 0.6) is 11.5 Å². The molecule has 0 fully saturated rings. The van der Waals surface area contributed by atoms with Crippen LogP contribution in [0.2, 0.25) is 0 Å². The Morgan fingerprint density at radius 2 is 1.95 bits per heavy atom. The fraction of sp³-hybridized carbons (Fsp3) is 0.533. The summed E-state index contributed by atoms with van der Waals surface area (Å²) in [5.74, 6) is 1.24. The second kappa shape index (κ2) is 9.63. The van der Waals surface area contributed by atoms with Crippen LogP contribution in [0.3, 0.4) is 0 Å². The smallest absolute Gasteiger partial charge is 0.224 e. The second-order valence-corrected chi connectivity index (χ2v) is 5.36. The third-order valence-corrected chi connectivity index (χ3v) is 3.46. The molecule has 1 amide bonds. The van der Waals surface area contributed by atoms with E-state index in [0.29, 0.717) is 24.5 Å². The molecule has 0 bridgehead atoms. The van der Waals surface area contributed by atoms with E-state index in [1.807, 2.05) is 12.1 Å². The van der Waals surface area contributed by atoms with E-state index in [2.05, 4.69) is 21.2 Å². The van der Waals surface area contributed by atoms with Crippen molar-refractivity contribution in [3.8, 4) is 11.5 Å². The van der Waals surface area contributed by atoms with Gasteiger partial charge in [-0.05, 0) is 24.1 Å². The molecule has 0 spiro atoms. The molecule has 0 aliphatic rings. The summed E-state index contributed by atoms with van der Waals surface area (Å²) in [5, 5.41) is 3.78. The molecule has 5 nitrogen and oxygen atoms in total. The van der Waals surface area contributed by atoms with Gasteiger partial charge in [-0.25, -0.2) is 0 Å². The molecule has 1 atom stereocenters. The summed E-state index contributed by atoms with van der Waals surface area (Å²) in [6, 6.07) is 5.49. The van der Waals surface area contributed by atoms with Crippen molar-refractivity contribution in [3.05, 3.63) is 23.8 Å². The van der Waals surface area contributed by atoms with Gasteiger partial charge in [-0.15, -0.1) is 0 Å². The van der Waals surface area contributed by atoms with Gasteiger partial charge in [-0.2, -0.15) is 0 Å². The molecule has 21 heavy (non-hydrogen) atoms. The third-order valence-electron chi connectivity index (χ3n) is 3.00. The first-order valence-electron chi connectivity index (χ1n) is 6.69. The normalized spacial score (nSPS) is 11.8. The van der Waals surface area contributed by atoms with Gasteiger partial charge >= 0.3 is 0 Å². The van der Waals surface area contributed by atoms with Crippen LogP contribution in [0.15, 0.2) is 18.2 Å². The lowest BCUT2D eigenvalue weighted by Gasteiger charge is -2.17. The molecule has 0 aliphatic carbocycles. The van der Waals surface area contributed by atoms with Crippen molar-refractivity contribution in [2.24, 2.45) is 0 Å². The van der Waals surface area contributed by atoms with Crippen LogP contribution in [-0.2, 0) is 16.0 Å². The summed E-state index contributed by atoms with van der Waals surface area (Å²) in [6.45, 7) is 0.503.